The van der Waals surface area contributed by atoms with Gasteiger partial charge in [-0.15, -0.1) is 11.3 Å². The highest BCUT2D eigenvalue weighted by Crippen LogP contribution is 2.37. The summed E-state index contributed by atoms with van der Waals surface area (Å²) in [5.41, 5.74) is -2.85. The number of thiazole rings is 1. The molecule has 0 saturated heterocycles. The van der Waals surface area contributed by atoms with E-state index in [4.69, 9.17) is 0 Å². The van der Waals surface area contributed by atoms with Crippen LogP contribution in [0.25, 0.3) is 11.3 Å². The summed E-state index contributed by atoms with van der Waals surface area (Å²) < 4.78 is 90.3. The van der Waals surface area contributed by atoms with Crippen molar-refractivity contribution in [3.63, 3.8) is 0 Å². The molecule has 2 amide bonds. The molecule has 0 atom stereocenters. The van der Waals surface area contributed by atoms with Crippen LogP contribution in [-0.2, 0) is 12.4 Å². The Labute approximate surface area is 168 Å². The molecule has 0 aliphatic rings. The summed E-state index contributed by atoms with van der Waals surface area (Å²) in [4.78, 5) is 16.1. The summed E-state index contributed by atoms with van der Waals surface area (Å²) in [5.74, 6) is -0.453. The Morgan fingerprint density at radius 1 is 0.867 bits per heavy atom. The topological polar surface area (TPSA) is 54.0 Å². The first-order valence-corrected chi connectivity index (χ1v) is 8.89. The first-order chi connectivity index (χ1) is 13.9. The van der Waals surface area contributed by atoms with Gasteiger partial charge in [0.25, 0.3) is 0 Å². The van der Waals surface area contributed by atoms with Crippen LogP contribution < -0.4 is 10.6 Å². The van der Waals surface area contributed by atoms with E-state index in [1.807, 2.05) is 5.32 Å². The van der Waals surface area contributed by atoms with Crippen LogP contribution in [0.5, 0.6) is 0 Å². The molecule has 0 spiro atoms. The minimum atomic E-state index is -5.03. The molecule has 0 bridgehead atoms. The number of carbonyl (C=O) groups excluding carboxylic acids is 1. The van der Waals surface area contributed by atoms with Crippen LogP contribution in [0.1, 0.15) is 11.1 Å². The lowest BCUT2D eigenvalue weighted by Gasteiger charge is -2.14. The number of hydrogen-bond acceptors (Lipinski definition) is 3. The lowest BCUT2D eigenvalue weighted by Crippen LogP contribution is -2.20. The highest BCUT2D eigenvalue weighted by Gasteiger charge is 2.37. The standard InChI is InChI=1S/C18H10F7N3OS/c19-12-3-1-9(2-4-12)14-8-30-16(27-14)28-15(29)26-13-6-10(17(20,21)22)5-11(7-13)18(23,24)25/h1-8H,(H2,26,27,28,29). The van der Waals surface area contributed by atoms with E-state index in [1.165, 1.54) is 29.6 Å². The molecule has 3 aromatic rings. The predicted octanol–water partition coefficient (Wildman–Crippen LogP) is 6.63. The number of nitrogens with one attached hydrogen (secondary N) is 2. The molecular weight excluding hydrogens is 439 g/mol. The van der Waals surface area contributed by atoms with Crippen LogP contribution in [-0.4, -0.2) is 11.0 Å². The summed E-state index contributed by atoms with van der Waals surface area (Å²) in [6.45, 7) is 0. The zero-order chi connectivity index (χ0) is 22.1. The van der Waals surface area contributed by atoms with Crippen molar-refractivity contribution in [1.29, 1.82) is 0 Å². The zero-order valence-corrected chi connectivity index (χ0v) is 15.3. The molecule has 2 aromatic carbocycles. The van der Waals surface area contributed by atoms with Crippen molar-refractivity contribution in [3.05, 3.63) is 64.8 Å². The van der Waals surface area contributed by atoms with Crippen LogP contribution in [0.2, 0.25) is 0 Å². The fourth-order valence-corrected chi connectivity index (χ4v) is 3.09. The number of benzene rings is 2. The average molecular weight is 449 g/mol. The van der Waals surface area contributed by atoms with Crippen molar-refractivity contribution in [2.45, 2.75) is 12.4 Å². The smallest absolute Gasteiger partial charge is 0.308 e. The zero-order valence-electron chi connectivity index (χ0n) is 14.5. The van der Waals surface area contributed by atoms with Crippen molar-refractivity contribution < 1.29 is 35.5 Å². The molecule has 0 aliphatic heterocycles. The van der Waals surface area contributed by atoms with E-state index in [0.29, 0.717) is 23.4 Å². The van der Waals surface area contributed by atoms with Crippen LogP contribution in [0, 0.1) is 5.82 Å². The normalized spacial score (nSPS) is 12.0. The van der Waals surface area contributed by atoms with Crippen LogP contribution in [0.4, 0.5) is 46.3 Å². The van der Waals surface area contributed by atoms with Gasteiger partial charge in [-0.05, 0) is 42.5 Å². The molecule has 30 heavy (non-hydrogen) atoms. The lowest BCUT2D eigenvalue weighted by atomic mass is 10.1. The molecule has 2 N–H and O–H groups in total. The molecule has 0 fully saturated rings. The van der Waals surface area contributed by atoms with E-state index in [0.717, 1.165) is 11.3 Å². The highest BCUT2D eigenvalue weighted by molar-refractivity contribution is 7.14. The first-order valence-electron chi connectivity index (χ1n) is 8.01. The van der Waals surface area contributed by atoms with Gasteiger partial charge < -0.3 is 5.32 Å². The number of amides is 2. The van der Waals surface area contributed by atoms with Crippen molar-refractivity contribution in [1.82, 2.24) is 4.98 Å². The third-order valence-corrected chi connectivity index (χ3v) is 4.47. The molecule has 158 valence electrons. The van der Waals surface area contributed by atoms with Gasteiger partial charge in [-0.3, -0.25) is 5.32 Å². The minimum Gasteiger partial charge on any atom is -0.308 e. The monoisotopic (exact) mass is 449 g/mol. The first kappa shape index (κ1) is 21.6. The van der Waals surface area contributed by atoms with E-state index < -0.39 is 41.0 Å². The Kier molecular flexibility index (Phi) is 5.70. The van der Waals surface area contributed by atoms with Gasteiger partial charge in [0.2, 0.25) is 0 Å². The highest BCUT2D eigenvalue weighted by atomic mass is 32.1. The third kappa shape index (κ3) is 5.26. The number of nitrogens with zero attached hydrogens (tertiary/aromatic N) is 1. The second-order valence-electron chi connectivity index (χ2n) is 5.92. The molecule has 3 rings (SSSR count). The van der Waals surface area contributed by atoms with Gasteiger partial charge in [-0.1, -0.05) is 0 Å². The number of hydrogen-bond donors (Lipinski definition) is 2. The summed E-state index contributed by atoms with van der Waals surface area (Å²) >= 11 is 0.965. The SMILES string of the molecule is O=C(Nc1cc(C(F)(F)F)cc(C(F)(F)F)c1)Nc1nc(-c2ccc(F)cc2)cs1. The number of halogens is 7. The summed E-state index contributed by atoms with van der Waals surface area (Å²) in [6, 6.07) is 4.98. The number of carbonyl (C=O) groups is 1. The van der Waals surface area contributed by atoms with Gasteiger partial charge >= 0.3 is 18.4 Å². The summed E-state index contributed by atoms with van der Waals surface area (Å²) in [6.07, 6.45) is -10.1. The van der Waals surface area contributed by atoms with Gasteiger partial charge in [0.15, 0.2) is 5.13 Å². The number of rotatable bonds is 3. The van der Waals surface area contributed by atoms with Crippen molar-refractivity contribution in [3.8, 4) is 11.3 Å². The second kappa shape index (κ2) is 7.94. The molecule has 4 nitrogen and oxygen atoms in total. The van der Waals surface area contributed by atoms with Crippen LogP contribution in [0.3, 0.4) is 0 Å². The Balaban J connectivity index is 1.77. The number of alkyl halides is 6. The number of aromatic nitrogens is 1. The van der Waals surface area contributed by atoms with Crippen LogP contribution >= 0.6 is 11.3 Å². The molecule has 0 unspecified atom stereocenters. The average Bonchev–Trinajstić information content (AvgIpc) is 3.08. The lowest BCUT2D eigenvalue weighted by molar-refractivity contribution is -0.143. The minimum absolute atomic E-state index is 0.0369. The molecule has 0 aliphatic carbocycles. The Bertz CT molecular complexity index is 1030. The van der Waals surface area contributed by atoms with Gasteiger partial charge in [0, 0.05) is 16.6 Å². The Morgan fingerprint density at radius 2 is 1.43 bits per heavy atom. The van der Waals surface area contributed by atoms with E-state index in [9.17, 15) is 35.5 Å². The van der Waals surface area contributed by atoms with Gasteiger partial charge in [0.05, 0.1) is 16.8 Å². The summed E-state index contributed by atoms with van der Waals surface area (Å²) in [7, 11) is 0. The van der Waals surface area contributed by atoms with Crippen LogP contribution in [0.15, 0.2) is 47.8 Å². The van der Waals surface area contributed by atoms with Gasteiger partial charge in [-0.2, -0.15) is 26.3 Å². The predicted molar refractivity (Wildman–Crippen MR) is 96.6 cm³/mol. The number of urea groups is 1. The quantitative estimate of drug-likeness (QED) is 0.441. The van der Waals surface area contributed by atoms with Gasteiger partial charge in [0.1, 0.15) is 5.82 Å². The largest absolute Gasteiger partial charge is 0.416 e. The molecular formula is C18H10F7N3OS. The maximum absolute atomic E-state index is 13.0. The number of anilines is 2. The van der Waals surface area contributed by atoms with Gasteiger partial charge in [-0.25, -0.2) is 14.2 Å². The fraction of sp³-hybridized carbons (Fsp3) is 0.111. The van der Waals surface area contributed by atoms with E-state index in [1.54, 1.807) is 0 Å². The third-order valence-electron chi connectivity index (χ3n) is 3.71. The molecule has 0 saturated carbocycles. The second-order valence-corrected chi connectivity index (χ2v) is 6.78. The van der Waals surface area contributed by atoms with E-state index in [-0.39, 0.29) is 11.2 Å². The van der Waals surface area contributed by atoms with Crippen molar-refractivity contribution >= 4 is 28.2 Å². The molecule has 0 radical (unpaired) electrons. The fourth-order valence-electron chi connectivity index (χ4n) is 2.37. The van der Waals surface area contributed by atoms with Crippen molar-refractivity contribution in [2.24, 2.45) is 0 Å². The van der Waals surface area contributed by atoms with Crippen molar-refractivity contribution in [2.75, 3.05) is 10.6 Å². The van der Waals surface area contributed by atoms with E-state index >= 15 is 0 Å². The molecule has 1 heterocycles. The maximum Gasteiger partial charge on any atom is 0.416 e. The van der Waals surface area contributed by atoms with E-state index in [2.05, 4.69) is 10.3 Å². The molecule has 1 aromatic heterocycles. The molecule has 12 heteroatoms. The Hall–Kier alpha value is -3.15. The maximum atomic E-state index is 13.0. The Morgan fingerprint density at radius 3 is 1.97 bits per heavy atom. The summed E-state index contributed by atoms with van der Waals surface area (Å²) in [5, 5.41) is 5.74.